The summed E-state index contributed by atoms with van der Waals surface area (Å²) in [5, 5.41) is 11.9. The fraction of sp³-hybridized carbons (Fsp3) is 0.200. The van der Waals surface area contributed by atoms with E-state index in [4.69, 9.17) is 10.00 Å². The fourth-order valence-corrected chi connectivity index (χ4v) is 2.08. The van der Waals surface area contributed by atoms with Crippen molar-refractivity contribution in [1.82, 2.24) is 5.32 Å². The molecule has 0 aliphatic heterocycles. The van der Waals surface area contributed by atoms with Gasteiger partial charge in [0.25, 0.3) is 5.91 Å². The quantitative estimate of drug-likeness (QED) is 0.625. The van der Waals surface area contributed by atoms with Crippen molar-refractivity contribution in [3.05, 3.63) is 71.3 Å². The Kier molecular flexibility index (Phi) is 6.60. The number of rotatable bonds is 7. The van der Waals surface area contributed by atoms with Crippen LogP contribution in [-0.4, -0.2) is 12.5 Å². The molecule has 1 amide bonds. The summed E-state index contributed by atoms with van der Waals surface area (Å²) in [6, 6.07) is 19.2. The molecular formula is C20H20N2O2. The van der Waals surface area contributed by atoms with Crippen LogP contribution >= 0.6 is 0 Å². The summed E-state index contributed by atoms with van der Waals surface area (Å²) in [5.74, 6) is 0.341. The highest BCUT2D eigenvalue weighted by Crippen LogP contribution is 2.17. The lowest BCUT2D eigenvalue weighted by molar-refractivity contribution is -0.117. The molecule has 4 heteroatoms. The van der Waals surface area contributed by atoms with Crippen molar-refractivity contribution in [2.75, 3.05) is 6.54 Å². The van der Waals surface area contributed by atoms with Crippen LogP contribution in [0.25, 0.3) is 6.08 Å². The molecule has 0 saturated heterocycles. The number of hydrogen-bond acceptors (Lipinski definition) is 3. The number of benzene rings is 2. The van der Waals surface area contributed by atoms with Crippen molar-refractivity contribution >= 4 is 12.0 Å². The van der Waals surface area contributed by atoms with E-state index >= 15 is 0 Å². The molecule has 0 fully saturated rings. The summed E-state index contributed by atoms with van der Waals surface area (Å²) in [6.07, 6.45) is 2.40. The van der Waals surface area contributed by atoms with Gasteiger partial charge in [-0.3, -0.25) is 4.79 Å². The Bertz CT molecular complexity index is 746. The van der Waals surface area contributed by atoms with Crippen LogP contribution in [0.4, 0.5) is 0 Å². The van der Waals surface area contributed by atoms with Gasteiger partial charge in [0.15, 0.2) is 0 Å². The second-order valence-electron chi connectivity index (χ2n) is 5.27. The molecule has 0 unspecified atom stereocenters. The van der Waals surface area contributed by atoms with Crippen molar-refractivity contribution in [2.45, 2.75) is 20.0 Å². The number of hydrogen-bond donors (Lipinski definition) is 1. The van der Waals surface area contributed by atoms with Crippen LogP contribution in [0.2, 0.25) is 0 Å². The highest BCUT2D eigenvalue weighted by atomic mass is 16.5. The predicted octanol–water partition coefficient (Wildman–Crippen LogP) is 3.70. The molecule has 1 N–H and O–H groups in total. The van der Waals surface area contributed by atoms with Gasteiger partial charge in [-0.05, 0) is 35.8 Å². The van der Waals surface area contributed by atoms with Gasteiger partial charge in [-0.15, -0.1) is 0 Å². The van der Waals surface area contributed by atoms with Gasteiger partial charge in [0.2, 0.25) is 0 Å². The van der Waals surface area contributed by atoms with Gasteiger partial charge in [0.1, 0.15) is 24.0 Å². The first-order valence-corrected chi connectivity index (χ1v) is 7.89. The third kappa shape index (κ3) is 5.29. The molecule has 0 radical (unpaired) electrons. The Hall–Kier alpha value is -3.06. The van der Waals surface area contributed by atoms with Crippen molar-refractivity contribution in [3.8, 4) is 11.8 Å². The Morgan fingerprint density at radius 2 is 2.00 bits per heavy atom. The number of carbonyl (C=O) groups is 1. The normalized spacial score (nSPS) is 10.8. The van der Waals surface area contributed by atoms with Gasteiger partial charge in [0, 0.05) is 6.54 Å². The first-order valence-electron chi connectivity index (χ1n) is 7.89. The minimum Gasteiger partial charge on any atom is -0.489 e. The highest BCUT2D eigenvalue weighted by molar-refractivity contribution is 6.01. The van der Waals surface area contributed by atoms with E-state index in [0.717, 1.165) is 17.5 Å². The smallest absolute Gasteiger partial charge is 0.261 e. The van der Waals surface area contributed by atoms with E-state index in [2.05, 4.69) is 5.32 Å². The number of nitrogens with one attached hydrogen (secondary N) is 1. The molecule has 2 aromatic rings. The Labute approximate surface area is 142 Å². The molecule has 0 aliphatic carbocycles. The summed E-state index contributed by atoms with van der Waals surface area (Å²) in [5.41, 5.74) is 1.92. The van der Waals surface area contributed by atoms with E-state index in [1.54, 1.807) is 6.08 Å². The average molecular weight is 320 g/mol. The predicted molar refractivity (Wildman–Crippen MR) is 94.1 cm³/mol. The van der Waals surface area contributed by atoms with E-state index in [1.165, 1.54) is 0 Å². The van der Waals surface area contributed by atoms with Crippen molar-refractivity contribution in [3.63, 3.8) is 0 Å². The summed E-state index contributed by atoms with van der Waals surface area (Å²) in [4.78, 5) is 11.9. The number of nitriles is 1. The monoisotopic (exact) mass is 320 g/mol. The molecule has 24 heavy (non-hydrogen) atoms. The molecule has 0 aliphatic rings. The first-order chi connectivity index (χ1) is 11.7. The Morgan fingerprint density at radius 3 is 2.71 bits per heavy atom. The van der Waals surface area contributed by atoms with Crippen LogP contribution in [0.5, 0.6) is 5.75 Å². The highest BCUT2D eigenvalue weighted by Gasteiger charge is 2.08. The van der Waals surface area contributed by atoms with Crippen LogP contribution in [0, 0.1) is 11.3 Å². The second kappa shape index (κ2) is 9.16. The molecular weight excluding hydrogens is 300 g/mol. The number of nitrogens with zero attached hydrogens (tertiary/aromatic N) is 1. The molecule has 0 saturated carbocycles. The molecule has 0 bridgehead atoms. The molecule has 122 valence electrons. The molecule has 2 rings (SSSR count). The fourth-order valence-electron chi connectivity index (χ4n) is 2.08. The van der Waals surface area contributed by atoms with E-state index in [1.807, 2.05) is 67.6 Å². The SMILES string of the molecule is CCCNC(=O)/C(C#N)=C\c1cccc(OCc2ccccc2)c1. The van der Waals surface area contributed by atoms with E-state index in [-0.39, 0.29) is 11.5 Å². The van der Waals surface area contributed by atoms with Crippen LogP contribution in [0.1, 0.15) is 24.5 Å². The topological polar surface area (TPSA) is 62.1 Å². The van der Waals surface area contributed by atoms with Gasteiger partial charge in [-0.25, -0.2) is 0 Å². The van der Waals surface area contributed by atoms with E-state index < -0.39 is 0 Å². The maximum atomic E-state index is 11.9. The standard InChI is InChI=1S/C20H20N2O2/c1-2-11-22-20(23)18(14-21)12-17-9-6-10-19(13-17)24-15-16-7-4-3-5-8-16/h3-10,12-13H,2,11,15H2,1H3,(H,22,23)/b18-12-. The van der Waals surface area contributed by atoms with Gasteiger partial charge >= 0.3 is 0 Å². The van der Waals surface area contributed by atoms with Crippen molar-refractivity contribution in [2.24, 2.45) is 0 Å². The minimum absolute atomic E-state index is 0.0867. The zero-order valence-electron chi connectivity index (χ0n) is 13.7. The number of carbonyl (C=O) groups excluding carboxylic acids is 1. The largest absolute Gasteiger partial charge is 0.489 e. The molecule has 0 heterocycles. The van der Waals surface area contributed by atoms with E-state index in [9.17, 15) is 4.79 Å². The van der Waals surface area contributed by atoms with Crippen molar-refractivity contribution in [1.29, 1.82) is 5.26 Å². The van der Waals surface area contributed by atoms with Crippen LogP contribution < -0.4 is 10.1 Å². The van der Waals surface area contributed by atoms with Crippen LogP contribution in [0.3, 0.4) is 0 Å². The van der Waals surface area contributed by atoms with Gasteiger partial charge in [-0.2, -0.15) is 5.26 Å². The summed E-state index contributed by atoms with van der Waals surface area (Å²) < 4.78 is 5.76. The molecule has 4 nitrogen and oxygen atoms in total. The van der Waals surface area contributed by atoms with Gasteiger partial charge in [0.05, 0.1) is 0 Å². The molecule has 0 aromatic heterocycles. The molecule has 0 atom stereocenters. The summed E-state index contributed by atoms with van der Waals surface area (Å²) in [7, 11) is 0. The Morgan fingerprint density at radius 1 is 1.21 bits per heavy atom. The number of amides is 1. The first kappa shape index (κ1) is 17.3. The Balaban J connectivity index is 2.07. The zero-order chi connectivity index (χ0) is 17.2. The minimum atomic E-state index is -0.352. The maximum Gasteiger partial charge on any atom is 0.261 e. The lowest BCUT2D eigenvalue weighted by atomic mass is 10.1. The van der Waals surface area contributed by atoms with E-state index in [0.29, 0.717) is 18.9 Å². The summed E-state index contributed by atoms with van der Waals surface area (Å²) in [6.45, 7) is 2.98. The van der Waals surface area contributed by atoms with Gasteiger partial charge < -0.3 is 10.1 Å². The van der Waals surface area contributed by atoms with Crippen molar-refractivity contribution < 1.29 is 9.53 Å². The third-order valence-corrected chi connectivity index (χ3v) is 3.32. The maximum absolute atomic E-state index is 11.9. The number of ether oxygens (including phenoxy) is 1. The second-order valence-corrected chi connectivity index (χ2v) is 5.27. The zero-order valence-corrected chi connectivity index (χ0v) is 13.7. The van der Waals surface area contributed by atoms with Crippen LogP contribution in [-0.2, 0) is 11.4 Å². The third-order valence-electron chi connectivity index (χ3n) is 3.32. The molecule has 0 spiro atoms. The van der Waals surface area contributed by atoms with Gasteiger partial charge in [-0.1, -0.05) is 49.4 Å². The summed E-state index contributed by atoms with van der Waals surface area (Å²) >= 11 is 0. The average Bonchev–Trinajstić information content (AvgIpc) is 2.63. The lowest BCUT2D eigenvalue weighted by Crippen LogP contribution is -2.25. The van der Waals surface area contributed by atoms with Crippen LogP contribution in [0.15, 0.2) is 60.2 Å². The lowest BCUT2D eigenvalue weighted by Gasteiger charge is -2.07. The molecule has 2 aromatic carbocycles.